The molecule has 3 N–H and O–H groups in total. The Kier molecular flexibility index (Phi) is 13.6. The fraction of sp³-hybridized carbons (Fsp3) is 1.00. The lowest BCUT2D eigenvalue weighted by molar-refractivity contribution is 0.385. The summed E-state index contributed by atoms with van der Waals surface area (Å²) in [5, 5.41) is 11.8. The summed E-state index contributed by atoms with van der Waals surface area (Å²) in [4.78, 5) is 0. The lowest BCUT2D eigenvalue weighted by Gasteiger charge is -2.39. The summed E-state index contributed by atoms with van der Waals surface area (Å²) in [6.45, 7) is 20.5. The van der Waals surface area contributed by atoms with Crippen molar-refractivity contribution in [3.05, 3.63) is 0 Å². The Morgan fingerprint density at radius 1 is 0.625 bits per heavy atom. The molecule has 0 aliphatic rings. The molecule has 4 nitrogen and oxygen atoms in total. The summed E-state index contributed by atoms with van der Waals surface area (Å²) in [7, 11) is -1.77. The fourth-order valence-electron chi connectivity index (χ4n) is 2.98. The van der Waals surface area contributed by atoms with Crippen LogP contribution in [0.5, 0.6) is 0 Å². The van der Waals surface area contributed by atoms with E-state index in [1.165, 1.54) is 51.6 Å². The Morgan fingerprint density at radius 2 is 0.958 bits per heavy atom. The number of hydrogen-bond acceptors (Lipinski definition) is 4. The Balaban J connectivity index is 5.41. The Labute approximate surface area is 153 Å². The molecule has 0 bridgehead atoms. The highest BCUT2D eigenvalue weighted by molar-refractivity contribution is 7.67. The third kappa shape index (κ3) is 10.3. The van der Waals surface area contributed by atoms with Crippen molar-refractivity contribution in [2.24, 2.45) is 0 Å². The molecule has 0 heterocycles. The van der Waals surface area contributed by atoms with E-state index >= 15 is 0 Å². The smallest absolute Gasteiger partial charge is 0.143 e. The Bertz CT molecular complexity index is 259. The minimum Gasteiger partial charge on any atom is -0.143 e. The molecule has 0 fully saturated rings. The Morgan fingerprint density at radius 3 is 1.21 bits per heavy atom. The van der Waals surface area contributed by atoms with Crippen LogP contribution in [0.3, 0.4) is 0 Å². The molecule has 5 heteroatoms. The molecule has 0 aliphatic heterocycles. The van der Waals surface area contributed by atoms with Gasteiger partial charge in [-0.2, -0.15) is 0 Å². The first kappa shape index (κ1) is 24.3. The summed E-state index contributed by atoms with van der Waals surface area (Å²) < 4.78 is 2.72. The van der Waals surface area contributed by atoms with Crippen LogP contribution >= 0.6 is 7.87 Å². The predicted molar refractivity (Wildman–Crippen MR) is 112 cm³/mol. The number of hydrogen-bond donors (Lipinski definition) is 3. The average Bonchev–Trinajstić information content (AvgIpc) is 2.43. The van der Waals surface area contributed by atoms with Gasteiger partial charge in [-0.1, -0.05) is 39.5 Å². The second kappa shape index (κ2) is 13.5. The van der Waals surface area contributed by atoms with Crippen molar-refractivity contribution < 1.29 is 0 Å². The molecule has 146 valence electrons. The van der Waals surface area contributed by atoms with Crippen molar-refractivity contribution in [1.29, 1.82) is 0 Å². The SMILES string of the molecule is CCCCCN(CCCCC)[P+](NC(C)C)(NC(C)C)NC(C)C. The normalized spacial score (nSPS) is 13.0. The lowest BCUT2D eigenvalue weighted by atomic mass is 10.2. The molecule has 0 aromatic rings. The lowest BCUT2D eigenvalue weighted by Crippen LogP contribution is -2.53. The molecule has 0 aliphatic carbocycles. The van der Waals surface area contributed by atoms with Crippen LogP contribution in [0.15, 0.2) is 0 Å². The molecule has 0 amide bonds. The minimum atomic E-state index is -1.77. The van der Waals surface area contributed by atoms with Gasteiger partial charge >= 0.3 is 7.87 Å². The number of nitrogens with zero attached hydrogens (tertiary/aromatic N) is 1. The van der Waals surface area contributed by atoms with Crippen molar-refractivity contribution in [2.75, 3.05) is 13.1 Å². The molecule has 0 spiro atoms. The van der Waals surface area contributed by atoms with Crippen LogP contribution in [0.4, 0.5) is 0 Å². The van der Waals surface area contributed by atoms with Gasteiger partial charge in [0.15, 0.2) is 0 Å². The minimum absolute atomic E-state index is 0.454. The molecule has 0 unspecified atom stereocenters. The summed E-state index contributed by atoms with van der Waals surface area (Å²) in [6.07, 6.45) is 7.75. The van der Waals surface area contributed by atoms with Crippen LogP contribution < -0.4 is 15.3 Å². The van der Waals surface area contributed by atoms with E-state index in [-0.39, 0.29) is 0 Å². The fourth-order valence-corrected chi connectivity index (χ4v) is 6.82. The number of unbranched alkanes of at least 4 members (excludes halogenated alkanes) is 4. The van der Waals surface area contributed by atoms with Crippen LogP contribution in [-0.2, 0) is 0 Å². The van der Waals surface area contributed by atoms with Crippen LogP contribution in [0.2, 0.25) is 0 Å². The molecule has 0 saturated carbocycles. The van der Waals surface area contributed by atoms with Gasteiger partial charge in [-0.05, 0) is 54.4 Å². The van der Waals surface area contributed by atoms with Gasteiger partial charge in [0, 0.05) is 31.2 Å². The van der Waals surface area contributed by atoms with E-state index in [1.54, 1.807) is 0 Å². The molecule has 0 saturated heterocycles. The van der Waals surface area contributed by atoms with Crippen molar-refractivity contribution in [1.82, 2.24) is 19.9 Å². The molecule has 0 aromatic heterocycles. The maximum absolute atomic E-state index is 3.92. The first-order chi connectivity index (χ1) is 11.3. The van der Waals surface area contributed by atoms with Gasteiger partial charge in [0.2, 0.25) is 0 Å². The average molecular weight is 362 g/mol. The van der Waals surface area contributed by atoms with E-state index in [0.29, 0.717) is 18.1 Å². The second-order valence-electron chi connectivity index (χ2n) is 7.85. The predicted octanol–water partition coefficient (Wildman–Crippen LogP) is 5.34. The molecule has 0 atom stereocenters. The summed E-state index contributed by atoms with van der Waals surface area (Å²) in [5.74, 6) is 0. The molecular formula is C19H46N4P+. The van der Waals surface area contributed by atoms with Crippen molar-refractivity contribution >= 4 is 7.87 Å². The van der Waals surface area contributed by atoms with Gasteiger partial charge in [0.1, 0.15) is 0 Å². The van der Waals surface area contributed by atoms with Crippen molar-refractivity contribution in [3.63, 3.8) is 0 Å². The molecule has 0 rings (SSSR count). The summed E-state index contributed by atoms with van der Waals surface area (Å²) >= 11 is 0. The maximum atomic E-state index is 3.92. The third-order valence-electron chi connectivity index (χ3n) is 3.80. The highest BCUT2D eigenvalue weighted by Crippen LogP contribution is 2.51. The van der Waals surface area contributed by atoms with Gasteiger partial charge < -0.3 is 0 Å². The maximum Gasteiger partial charge on any atom is 0.301 e. The second-order valence-corrected chi connectivity index (χ2v) is 10.5. The van der Waals surface area contributed by atoms with Crippen molar-refractivity contribution in [2.45, 2.75) is 112 Å². The van der Waals surface area contributed by atoms with E-state index < -0.39 is 7.87 Å². The topological polar surface area (TPSA) is 39.3 Å². The van der Waals surface area contributed by atoms with E-state index in [0.717, 1.165) is 0 Å². The zero-order valence-corrected chi connectivity index (χ0v) is 18.7. The van der Waals surface area contributed by atoms with Gasteiger partial charge in [-0.3, -0.25) is 0 Å². The quantitative estimate of drug-likeness (QED) is 0.272. The van der Waals surface area contributed by atoms with Crippen LogP contribution in [-0.4, -0.2) is 35.9 Å². The molecular weight excluding hydrogens is 315 g/mol. The van der Waals surface area contributed by atoms with Crippen LogP contribution in [0.1, 0.15) is 93.9 Å². The van der Waals surface area contributed by atoms with Gasteiger partial charge in [-0.25, -0.2) is 0 Å². The monoisotopic (exact) mass is 361 g/mol. The summed E-state index contributed by atoms with van der Waals surface area (Å²) in [5.41, 5.74) is 0. The number of nitrogens with one attached hydrogen (secondary N) is 3. The highest BCUT2D eigenvalue weighted by atomic mass is 31.2. The van der Waals surface area contributed by atoms with E-state index in [4.69, 9.17) is 0 Å². The van der Waals surface area contributed by atoms with Crippen LogP contribution in [0.25, 0.3) is 0 Å². The summed E-state index contributed by atoms with van der Waals surface area (Å²) in [6, 6.07) is 1.36. The van der Waals surface area contributed by atoms with E-state index in [1.807, 2.05) is 0 Å². The third-order valence-corrected chi connectivity index (χ3v) is 7.72. The molecule has 0 radical (unpaired) electrons. The van der Waals surface area contributed by atoms with Gasteiger partial charge in [-0.15, -0.1) is 19.9 Å². The van der Waals surface area contributed by atoms with Gasteiger partial charge in [0.25, 0.3) is 0 Å². The molecule has 24 heavy (non-hydrogen) atoms. The first-order valence-electron chi connectivity index (χ1n) is 10.2. The standard InChI is InChI=1S/C19H46N4P/c1-9-11-13-15-23(16-14-12-10-2)24(20-17(3)4,21-18(5)6)22-19(7)8/h17-22H,9-16H2,1-8H3/q+1. The first-order valence-corrected chi connectivity index (χ1v) is 12.0. The van der Waals surface area contributed by atoms with Crippen molar-refractivity contribution in [3.8, 4) is 0 Å². The van der Waals surface area contributed by atoms with Crippen LogP contribution in [0, 0.1) is 0 Å². The largest absolute Gasteiger partial charge is 0.301 e. The van der Waals surface area contributed by atoms with E-state index in [2.05, 4.69) is 75.3 Å². The Hall–Kier alpha value is 0.270. The zero-order chi connectivity index (χ0) is 18.6. The highest BCUT2D eigenvalue weighted by Gasteiger charge is 2.47. The molecule has 0 aromatic carbocycles. The van der Waals surface area contributed by atoms with Gasteiger partial charge in [0.05, 0.1) is 0 Å². The zero-order valence-electron chi connectivity index (χ0n) is 17.8. The van der Waals surface area contributed by atoms with E-state index in [9.17, 15) is 0 Å². The number of rotatable bonds is 15.